The molecule has 6 heteroatoms. The highest BCUT2D eigenvalue weighted by molar-refractivity contribution is 9.10. The van der Waals surface area contributed by atoms with Gasteiger partial charge in [-0.3, -0.25) is 0 Å². The van der Waals surface area contributed by atoms with Gasteiger partial charge in [0.1, 0.15) is 12.3 Å². The zero-order valence-corrected chi connectivity index (χ0v) is 11.5. The first-order chi connectivity index (χ1) is 8.69. The summed E-state index contributed by atoms with van der Waals surface area (Å²) in [5.41, 5.74) is 1.42. The predicted molar refractivity (Wildman–Crippen MR) is 68.7 cm³/mol. The van der Waals surface area contributed by atoms with Crippen LogP contribution in [0.1, 0.15) is 5.76 Å². The van der Waals surface area contributed by atoms with Crippen LogP contribution in [-0.2, 0) is 6.61 Å². The maximum atomic E-state index is 8.96. The lowest BCUT2D eigenvalue weighted by atomic mass is 10.1. The topological polar surface area (TPSA) is 64.7 Å². The molecule has 0 saturated heterocycles. The Bertz CT molecular complexity index is 553. The quantitative estimate of drug-likeness (QED) is 0.940. The van der Waals surface area contributed by atoms with Crippen LogP contribution in [0.3, 0.4) is 0 Å². The highest BCUT2D eigenvalue weighted by atomic mass is 79.9. The van der Waals surface area contributed by atoms with Crippen LogP contribution >= 0.6 is 15.9 Å². The lowest BCUT2D eigenvalue weighted by Crippen LogP contribution is -1.92. The van der Waals surface area contributed by atoms with Crippen molar-refractivity contribution in [3.63, 3.8) is 0 Å². The Hall–Kier alpha value is -1.53. The SMILES string of the molecule is COc1cc(Br)c(-c2cc(CO)on2)cc1OC. The van der Waals surface area contributed by atoms with Crippen molar-refractivity contribution < 1.29 is 19.1 Å². The van der Waals surface area contributed by atoms with E-state index in [1.807, 2.05) is 0 Å². The smallest absolute Gasteiger partial charge is 0.162 e. The van der Waals surface area contributed by atoms with E-state index in [0.717, 1.165) is 10.0 Å². The lowest BCUT2D eigenvalue weighted by molar-refractivity contribution is 0.229. The largest absolute Gasteiger partial charge is 0.493 e. The average molecular weight is 314 g/mol. The summed E-state index contributed by atoms with van der Waals surface area (Å²) in [6.07, 6.45) is 0. The van der Waals surface area contributed by atoms with Gasteiger partial charge in [0.05, 0.1) is 14.2 Å². The molecule has 0 aliphatic heterocycles. The van der Waals surface area contributed by atoms with E-state index in [1.165, 1.54) is 0 Å². The molecular formula is C12H12BrNO4. The van der Waals surface area contributed by atoms with Gasteiger partial charge in [0.15, 0.2) is 17.3 Å². The van der Waals surface area contributed by atoms with Crippen molar-refractivity contribution in [2.24, 2.45) is 0 Å². The molecular weight excluding hydrogens is 302 g/mol. The standard InChI is InChI=1S/C12H12BrNO4/c1-16-11-4-8(9(13)5-12(11)17-2)10-3-7(6-15)18-14-10/h3-5,15H,6H2,1-2H3. The van der Waals surface area contributed by atoms with Crippen LogP contribution < -0.4 is 9.47 Å². The summed E-state index contributed by atoms with van der Waals surface area (Å²) in [5.74, 6) is 1.63. The molecule has 18 heavy (non-hydrogen) atoms. The molecule has 1 aromatic heterocycles. The van der Waals surface area contributed by atoms with Crippen molar-refractivity contribution in [2.75, 3.05) is 14.2 Å². The van der Waals surface area contributed by atoms with Gasteiger partial charge in [-0.05, 0) is 28.1 Å². The second-order valence-corrected chi connectivity index (χ2v) is 4.38. The lowest BCUT2D eigenvalue weighted by Gasteiger charge is -2.10. The van der Waals surface area contributed by atoms with Crippen LogP contribution in [0.4, 0.5) is 0 Å². The molecule has 0 atom stereocenters. The Morgan fingerprint density at radius 3 is 2.44 bits per heavy atom. The number of aliphatic hydroxyl groups excluding tert-OH is 1. The number of nitrogens with zero attached hydrogens (tertiary/aromatic N) is 1. The first-order valence-electron chi connectivity index (χ1n) is 5.18. The molecule has 2 rings (SSSR count). The number of ether oxygens (including phenoxy) is 2. The monoisotopic (exact) mass is 313 g/mol. The second kappa shape index (κ2) is 5.41. The van der Waals surface area contributed by atoms with E-state index in [1.54, 1.807) is 32.4 Å². The molecule has 0 spiro atoms. The van der Waals surface area contributed by atoms with Gasteiger partial charge in [-0.2, -0.15) is 0 Å². The van der Waals surface area contributed by atoms with Crippen LogP contribution in [0.15, 0.2) is 27.2 Å². The van der Waals surface area contributed by atoms with Gasteiger partial charge in [0, 0.05) is 16.1 Å². The minimum Gasteiger partial charge on any atom is -0.493 e. The summed E-state index contributed by atoms with van der Waals surface area (Å²) in [7, 11) is 3.14. The zero-order valence-electron chi connectivity index (χ0n) is 9.94. The van der Waals surface area contributed by atoms with Gasteiger partial charge in [0.25, 0.3) is 0 Å². The Labute approximate surface area is 112 Å². The summed E-state index contributed by atoms with van der Waals surface area (Å²) in [5, 5.41) is 12.8. The van der Waals surface area contributed by atoms with E-state index in [9.17, 15) is 0 Å². The Morgan fingerprint density at radius 1 is 1.22 bits per heavy atom. The fraction of sp³-hybridized carbons (Fsp3) is 0.250. The third-order valence-corrected chi connectivity index (χ3v) is 3.12. The normalized spacial score (nSPS) is 10.4. The van der Waals surface area contributed by atoms with Crippen LogP contribution in [0.2, 0.25) is 0 Å². The number of aliphatic hydroxyl groups is 1. The third-order valence-electron chi connectivity index (χ3n) is 2.46. The summed E-state index contributed by atoms with van der Waals surface area (Å²) in [4.78, 5) is 0. The second-order valence-electron chi connectivity index (χ2n) is 3.52. The number of methoxy groups -OCH3 is 2. The number of hydrogen-bond donors (Lipinski definition) is 1. The van der Waals surface area contributed by atoms with E-state index in [-0.39, 0.29) is 6.61 Å². The Kier molecular flexibility index (Phi) is 3.88. The first-order valence-corrected chi connectivity index (χ1v) is 5.97. The number of rotatable bonds is 4. The van der Waals surface area contributed by atoms with Crippen LogP contribution in [0.25, 0.3) is 11.3 Å². The molecule has 1 heterocycles. The fourth-order valence-electron chi connectivity index (χ4n) is 1.56. The first kappa shape index (κ1) is 12.9. The zero-order chi connectivity index (χ0) is 13.1. The van der Waals surface area contributed by atoms with Crippen molar-refractivity contribution in [1.29, 1.82) is 0 Å². The predicted octanol–water partition coefficient (Wildman–Crippen LogP) is 2.61. The maximum absolute atomic E-state index is 8.96. The number of hydrogen-bond acceptors (Lipinski definition) is 5. The van der Waals surface area contributed by atoms with E-state index in [0.29, 0.717) is 23.0 Å². The van der Waals surface area contributed by atoms with Gasteiger partial charge in [-0.1, -0.05) is 5.16 Å². The average Bonchev–Trinajstić information content (AvgIpc) is 2.86. The summed E-state index contributed by atoms with van der Waals surface area (Å²) in [6, 6.07) is 5.26. The minimum atomic E-state index is -0.183. The summed E-state index contributed by atoms with van der Waals surface area (Å²) in [6.45, 7) is -0.183. The molecule has 0 unspecified atom stereocenters. The van der Waals surface area contributed by atoms with Crippen LogP contribution in [0.5, 0.6) is 11.5 Å². The van der Waals surface area contributed by atoms with E-state index in [2.05, 4.69) is 21.1 Å². The van der Waals surface area contributed by atoms with E-state index < -0.39 is 0 Å². The molecule has 2 aromatic rings. The van der Waals surface area contributed by atoms with Gasteiger partial charge in [-0.25, -0.2) is 0 Å². The van der Waals surface area contributed by atoms with Crippen LogP contribution in [-0.4, -0.2) is 24.5 Å². The van der Waals surface area contributed by atoms with Gasteiger partial charge >= 0.3 is 0 Å². The molecule has 1 aromatic carbocycles. The fourth-order valence-corrected chi connectivity index (χ4v) is 2.09. The highest BCUT2D eigenvalue weighted by Crippen LogP contribution is 2.38. The van der Waals surface area contributed by atoms with E-state index in [4.69, 9.17) is 19.1 Å². The number of halogens is 1. The third kappa shape index (κ3) is 2.34. The molecule has 0 bridgehead atoms. The Balaban J connectivity index is 2.50. The van der Waals surface area contributed by atoms with Crippen LogP contribution in [0, 0.1) is 0 Å². The highest BCUT2D eigenvalue weighted by Gasteiger charge is 2.14. The minimum absolute atomic E-state index is 0.183. The molecule has 0 radical (unpaired) electrons. The number of aromatic nitrogens is 1. The molecule has 0 aliphatic rings. The molecule has 5 nitrogen and oxygen atoms in total. The van der Waals surface area contributed by atoms with Crippen molar-refractivity contribution in [3.8, 4) is 22.8 Å². The number of benzene rings is 1. The summed E-state index contributed by atoms with van der Waals surface area (Å²) < 4.78 is 16.2. The van der Waals surface area contributed by atoms with Crippen molar-refractivity contribution >= 4 is 15.9 Å². The molecule has 0 fully saturated rings. The van der Waals surface area contributed by atoms with Gasteiger partial charge in [-0.15, -0.1) is 0 Å². The Morgan fingerprint density at radius 2 is 1.89 bits per heavy atom. The van der Waals surface area contributed by atoms with Gasteiger partial charge in [0.2, 0.25) is 0 Å². The molecule has 0 amide bonds. The molecule has 96 valence electrons. The van der Waals surface area contributed by atoms with Crippen molar-refractivity contribution in [1.82, 2.24) is 5.16 Å². The maximum Gasteiger partial charge on any atom is 0.162 e. The molecule has 0 aliphatic carbocycles. The molecule has 1 N–H and O–H groups in total. The molecule has 0 saturated carbocycles. The van der Waals surface area contributed by atoms with E-state index >= 15 is 0 Å². The van der Waals surface area contributed by atoms with Crippen molar-refractivity contribution in [2.45, 2.75) is 6.61 Å². The van der Waals surface area contributed by atoms with Crippen molar-refractivity contribution in [3.05, 3.63) is 28.4 Å². The van der Waals surface area contributed by atoms with Gasteiger partial charge < -0.3 is 19.1 Å². The summed E-state index contributed by atoms with van der Waals surface area (Å²) >= 11 is 3.44.